The van der Waals surface area contributed by atoms with Crippen LogP contribution in [0.4, 0.5) is 0 Å². The maximum atomic E-state index is 13.4. The Bertz CT molecular complexity index is 1150. The molecular weight excluding hydrogens is 388 g/mol. The quantitative estimate of drug-likeness (QED) is 0.648. The highest BCUT2D eigenvalue weighted by Crippen LogP contribution is 2.39. The zero-order chi connectivity index (χ0) is 20.6. The number of hydrogen-bond donors (Lipinski definition) is 1. The van der Waals surface area contributed by atoms with E-state index in [0.29, 0.717) is 13.0 Å². The third-order valence-corrected chi connectivity index (χ3v) is 7.32. The molecule has 6 nitrogen and oxygen atoms in total. The highest BCUT2D eigenvalue weighted by molar-refractivity contribution is 7.89. The normalized spacial score (nSPS) is 17.2. The molecule has 1 aromatic heterocycles. The lowest BCUT2D eigenvalue weighted by Crippen LogP contribution is -2.41. The van der Waals surface area contributed by atoms with E-state index in [1.807, 2.05) is 31.2 Å². The first-order chi connectivity index (χ1) is 13.9. The number of aromatic amines is 1. The molecule has 1 atom stereocenters. The number of esters is 1. The predicted octanol–water partition coefficient (Wildman–Crippen LogP) is 3.72. The Morgan fingerprint density at radius 3 is 2.62 bits per heavy atom. The summed E-state index contributed by atoms with van der Waals surface area (Å²) in [5.41, 5.74) is 3.79. The molecule has 0 saturated heterocycles. The minimum absolute atomic E-state index is 0.0290. The molecule has 1 aliphatic heterocycles. The number of fused-ring (bicyclic) bond motifs is 3. The van der Waals surface area contributed by atoms with Gasteiger partial charge >= 0.3 is 5.97 Å². The highest BCUT2D eigenvalue weighted by atomic mass is 32.2. The molecule has 29 heavy (non-hydrogen) atoms. The molecule has 7 heteroatoms. The topological polar surface area (TPSA) is 79.5 Å². The van der Waals surface area contributed by atoms with Crippen molar-refractivity contribution < 1.29 is 17.9 Å². The molecule has 0 aliphatic carbocycles. The van der Waals surface area contributed by atoms with Crippen molar-refractivity contribution in [1.82, 2.24) is 9.29 Å². The summed E-state index contributed by atoms with van der Waals surface area (Å²) in [4.78, 5) is 15.9. The van der Waals surface area contributed by atoms with Crippen LogP contribution in [0.25, 0.3) is 10.9 Å². The second-order valence-electron chi connectivity index (χ2n) is 7.27. The Hall–Kier alpha value is -2.64. The third-order valence-electron chi connectivity index (χ3n) is 5.40. The molecule has 0 fully saturated rings. The van der Waals surface area contributed by atoms with Crippen molar-refractivity contribution in [3.05, 3.63) is 65.4 Å². The summed E-state index contributed by atoms with van der Waals surface area (Å²) in [7, 11) is -3.76. The van der Waals surface area contributed by atoms with Gasteiger partial charge in [0, 0.05) is 23.1 Å². The van der Waals surface area contributed by atoms with Gasteiger partial charge < -0.3 is 9.72 Å². The molecule has 4 rings (SSSR count). The van der Waals surface area contributed by atoms with E-state index in [1.165, 1.54) is 4.31 Å². The van der Waals surface area contributed by atoms with Crippen molar-refractivity contribution in [3.63, 3.8) is 0 Å². The summed E-state index contributed by atoms with van der Waals surface area (Å²) in [6.45, 7) is 4.23. The average Bonchev–Trinajstić information content (AvgIpc) is 3.08. The summed E-state index contributed by atoms with van der Waals surface area (Å²) in [6, 6.07) is 14.1. The lowest BCUT2D eigenvalue weighted by Gasteiger charge is -2.34. The van der Waals surface area contributed by atoms with Gasteiger partial charge in [0.15, 0.2) is 0 Å². The van der Waals surface area contributed by atoms with Crippen molar-refractivity contribution in [2.45, 2.75) is 37.6 Å². The molecule has 0 radical (unpaired) electrons. The van der Waals surface area contributed by atoms with Crippen LogP contribution in [0.3, 0.4) is 0 Å². The minimum Gasteiger partial charge on any atom is -0.466 e. The monoisotopic (exact) mass is 412 g/mol. The van der Waals surface area contributed by atoms with E-state index in [-0.39, 0.29) is 17.9 Å². The molecular formula is C22H24N2O4S. The number of aromatic nitrogens is 1. The average molecular weight is 413 g/mol. The lowest BCUT2D eigenvalue weighted by molar-refractivity contribution is -0.144. The first-order valence-electron chi connectivity index (χ1n) is 9.75. The fourth-order valence-electron chi connectivity index (χ4n) is 4.01. The fourth-order valence-corrected chi connectivity index (χ4v) is 5.61. The minimum atomic E-state index is -3.76. The van der Waals surface area contributed by atoms with Crippen LogP contribution in [0.1, 0.15) is 36.2 Å². The second kappa shape index (κ2) is 7.65. The smallest absolute Gasteiger partial charge is 0.307 e. The van der Waals surface area contributed by atoms with E-state index in [1.54, 1.807) is 31.2 Å². The van der Waals surface area contributed by atoms with Crippen LogP contribution in [-0.4, -0.2) is 36.8 Å². The Balaban J connectivity index is 1.80. The number of nitrogens with zero attached hydrogens (tertiary/aromatic N) is 1. The number of para-hydroxylation sites is 1. The number of rotatable bonds is 5. The zero-order valence-corrected chi connectivity index (χ0v) is 17.3. The number of ether oxygens (including phenoxy) is 1. The largest absolute Gasteiger partial charge is 0.466 e. The van der Waals surface area contributed by atoms with Gasteiger partial charge in [0.1, 0.15) is 0 Å². The van der Waals surface area contributed by atoms with Crippen molar-refractivity contribution >= 4 is 26.9 Å². The number of aryl methyl sites for hydroxylation is 1. The summed E-state index contributed by atoms with van der Waals surface area (Å²) in [6.07, 6.45) is 0.558. The number of nitrogens with one attached hydrogen (secondary N) is 1. The number of benzene rings is 2. The van der Waals surface area contributed by atoms with E-state index in [0.717, 1.165) is 27.7 Å². The third kappa shape index (κ3) is 3.56. The maximum absolute atomic E-state index is 13.4. The number of carbonyl (C=O) groups excluding carboxylic acids is 1. The fraction of sp³-hybridized carbons (Fsp3) is 0.318. The van der Waals surface area contributed by atoms with Crippen molar-refractivity contribution in [2.24, 2.45) is 0 Å². The Morgan fingerprint density at radius 1 is 1.17 bits per heavy atom. The van der Waals surface area contributed by atoms with Gasteiger partial charge in [0.25, 0.3) is 0 Å². The molecule has 1 unspecified atom stereocenters. The Labute approximate surface area is 170 Å². The van der Waals surface area contributed by atoms with Crippen LogP contribution in [0.2, 0.25) is 0 Å². The number of sulfonamides is 1. The van der Waals surface area contributed by atoms with E-state index < -0.39 is 22.0 Å². The van der Waals surface area contributed by atoms with Crippen LogP contribution >= 0.6 is 0 Å². The van der Waals surface area contributed by atoms with Gasteiger partial charge in [-0.3, -0.25) is 4.79 Å². The lowest BCUT2D eigenvalue weighted by atomic mass is 9.97. The number of hydrogen-bond acceptors (Lipinski definition) is 4. The molecule has 0 bridgehead atoms. The van der Waals surface area contributed by atoms with Crippen molar-refractivity contribution in [1.29, 1.82) is 0 Å². The molecule has 2 heterocycles. The predicted molar refractivity (Wildman–Crippen MR) is 111 cm³/mol. The number of H-pyrrole nitrogens is 1. The zero-order valence-electron chi connectivity index (χ0n) is 16.5. The molecule has 0 saturated carbocycles. The van der Waals surface area contributed by atoms with E-state index in [9.17, 15) is 13.2 Å². The van der Waals surface area contributed by atoms with E-state index in [2.05, 4.69) is 4.98 Å². The van der Waals surface area contributed by atoms with Gasteiger partial charge in [0.05, 0.1) is 24.0 Å². The summed E-state index contributed by atoms with van der Waals surface area (Å²) in [5, 5.41) is 1.07. The van der Waals surface area contributed by atoms with Crippen LogP contribution < -0.4 is 0 Å². The van der Waals surface area contributed by atoms with Crippen molar-refractivity contribution in [2.75, 3.05) is 13.2 Å². The van der Waals surface area contributed by atoms with Gasteiger partial charge in [-0.25, -0.2) is 8.42 Å². The first-order valence-corrected chi connectivity index (χ1v) is 11.2. The van der Waals surface area contributed by atoms with Gasteiger partial charge in [0.2, 0.25) is 10.0 Å². The molecule has 152 valence electrons. The molecule has 1 aliphatic rings. The summed E-state index contributed by atoms with van der Waals surface area (Å²) in [5.74, 6) is -0.409. The molecule has 0 amide bonds. The van der Waals surface area contributed by atoms with Crippen LogP contribution in [-0.2, 0) is 26.0 Å². The molecule has 1 N–H and O–H groups in total. The standard InChI is InChI=1S/C22H24N2O4S/c1-3-28-21(25)14-20-22-18(17-6-4-5-7-19(17)23-22)12-13-24(20)29(26,27)16-10-8-15(2)9-11-16/h4-11,20,23H,3,12-14H2,1-2H3. The van der Waals surface area contributed by atoms with E-state index in [4.69, 9.17) is 4.74 Å². The van der Waals surface area contributed by atoms with Gasteiger partial charge in [-0.2, -0.15) is 4.31 Å². The molecule has 3 aromatic rings. The van der Waals surface area contributed by atoms with Crippen LogP contribution in [0.5, 0.6) is 0 Å². The Morgan fingerprint density at radius 2 is 1.90 bits per heavy atom. The number of carbonyl (C=O) groups is 1. The van der Waals surface area contributed by atoms with Gasteiger partial charge in [-0.1, -0.05) is 35.9 Å². The highest BCUT2D eigenvalue weighted by Gasteiger charge is 2.39. The van der Waals surface area contributed by atoms with Gasteiger partial charge in [-0.05, 0) is 44.0 Å². The van der Waals surface area contributed by atoms with Crippen LogP contribution in [0.15, 0.2) is 53.4 Å². The maximum Gasteiger partial charge on any atom is 0.307 e. The second-order valence-corrected chi connectivity index (χ2v) is 9.16. The Kier molecular flexibility index (Phi) is 5.19. The summed E-state index contributed by atoms with van der Waals surface area (Å²) >= 11 is 0. The van der Waals surface area contributed by atoms with Crippen LogP contribution in [0, 0.1) is 6.92 Å². The molecule has 2 aromatic carbocycles. The van der Waals surface area contributed by atoms with Gasteiger partial charge in [-0.15, -0.1) is 0 Å². The SMILES string of the molecule is CCOC(=O)CC1c2[nH]c3ccccc3c2CCN1S(=O)(=O)c1ccc(C)cc1. The first kappa shape index (κ1) is 19.7. The molecule has 0 spiro atoms. The van der Waals surface area contributed by atoms with Crippen molar-refractivity contribution in [3.8, 4) is 0 Å². The van der Waals surface area contributed by atoms with E-state index >= 15 is 0 Å². The summed E-state index contributed by atoms with van der Waals surface area (Å²) < 4.78 is 33.4.